The molecule has 5 atom stereocenters. The van der Waals surface area contributed by atoms with E-state index in [1.165, 1.54) is 25.7 Å². The number of ether oxygens (including phenoxy) is 1. The molecule has 0 N–H and O–H groups in total. The summed E-state index contributed by atoms with van der Waals surface area (Å²) in [4.78, 5) is 7.13. The Kier molecular flexibility index (Phi) is 2.36. The molecule has 0 amide bonds. The highest BCUT2D eigenvalue weighted by Gasteiger charge is 2.53. The van der Waals surface area contributed by atoms with E-state index in [0.29, 0.717) is 18.1 Å². The van der Waals surface area contributed by atoms with Gasteiger partial charge in [-0.05, 0) is 32.6 Å². The summed E-state index contributed by atoms with van der Waals surface area (Å²) in [7, 11) is 0. The minimum Gasteiger partial charge on any atom is -0.374 e. The Morgan fingerprint density at radius 3 is 2.45 bits per heavy atom. The van der Waals surface area contributed by atoms with Gasteiger partial charge in [-0.2, -0.15) is 4.98 Å². The van der Waals surface area contributed by atoms with Crippen LogP contribution in [-0.4, -0.2) is 40.3 Å². The molecule has 4 aliphatic rings. The molecule has 5 rings (SSSR count). The van der Waals surface area contributed by atoms with Gasteiger partial charge in [0.05, 0.1) is 18.2 Å². The summed E-state index contributed by atoms with van der Waals surface area (Å²) in [6.07, 6.45) is 6.02. The van der Waals surface area contributed by atoms with E-state index in [-0.39, 0.29) is 6.04 Å². The van der Waals surface area contributed by atoms with E-state index >= 15 is 0 Å². The molecule has 4 heterocycles. The largest absolute Gasteiger partial charge is 0.374 e. The molecule has 4 fully saturated rings. The lowest BCUT2D eigenvalue weighted by molar-refractivity contribution is 0.0626. The SMILES string of the molecule is C[C@H](c1nc(C2CC2)no1)N1C[C@H]2[C@H](C1)[C@H]1CC[C@H]2O1. The van der Waals surface area contributed by atoms with Gasteiger partial charge in [0.2, 0.25) is 5.89 Å². The van der Waals surface area contributed by atoms with Crippen molar-refractivity contribution in [1.82, 2.24) is 15.0 Å². The molecule has 3 aliphatic heterocycles. The number of rotatable bonds is 3. The van der Waals surface area contributed by atoms with Gasteiger partial charge < -0.3 is 9.26 Å². The Morgan fingerprint density at radius 2 is 1.80 bits per heavy atom. The molecule has 0 unspecified atom stereocenters. The van der Waals surface area contributed by atoms with Crippen molar-refractivity contribution < 1.29 is 9.26 Å². The lowest BCUT2D eigenvalue weighted by Gasteiger charge is -2.22. The summed E-state index contributed by atoms with van der Waals surface area (Å²) < 4.78 is 11.5. The lowest BCUT2D eigenvalue weighted by Crippen LogP contribution is -2.28. The van der Waals surface area contributed by atoms with Crippen LogP contribution in [0.5, 0.6) is 0 Å². The molecule has 20 heavy (non-hydrogen) atoms. The second-order valence-electron chi connectivity index (χ2n) is 7.01. The van der Waals surface area contributed by atoms with Crippen LogP contribution in [0.2, 0.25) is 0 Å². The van der Waals surface area contributed by atoms with E-state index in [2.05, 4.69) is 22.0 Å². The second kappa shape index (κ2) is 4.04. The molecule has 1 aliphatic carbocycles. The number of aromatic nitrogens is 2. The van der Waals surface area contributed by atoms with Crippen LogP contribution in [0, 0.1) is 11.8 Å². The number of likely N-dealkylation sites (tertiary alicyclic amines) is 1. The summed E-state index contributed by atoms with van der Waals surface area (Å²) in [5.74, 6) is 3.78. The normalized spacial score (nSPS) is 41.2. The summed E-state index contributed by atoms with van der Waals surface area (Å²) in [5, 5.41) is 4.15. The fraction of sp³-hybridized carbons (Fsp3) is 0.867. The first kappa shape index (κ1) is 11.7. The van der Waals surface area contributed by atoms with Gasteiger partial charge in [0.1, 0.15) is 0 Å². The van der Waals surface area contributed by atoms with Crippen LogP contribution in [0.3, 0.4) is 0 Å². The van der Waals surface area contributed by atoms with E-state index in [1.54, 1.807) is 0 Å². The van der Waals surface area contributed by atoms with Crippen LogP contribution in [0.4, 0.5) is 0 Å². The van der Waals surface area contributed by atoms with Crippen molar-refractivity contribution in [1.29, 1.82) is 0 Å². The second-order valence-corrected chi connectivity index (χ2v) is 7.01. The molecule has 108 valence electrons. The Hall–Kier alpha value is -0.940. The highest BCUT2D eigenvalue weighted by Crippen LogP contribution is 2.48. The Bertz CT molecular complexity index is 509. The fourth-order valence-electron chi connectivity index (χ4n) is 4.39. The van der Waals surface area contributed by atoms with Gasteiger partial charge in [-0.15, -0.1) is 0 Å². The quantitative estimate of drug-likeness (QED) is 0.845. The first-order valence-corrected chi connectivity index (χ1v) is 8.02. The van der Waals surface area contributed by atoms with Crippen LogP contribution in [0.15, 0.2) is 4.52 Å². The van der Waals surface area contributed by atoms with Crippen molar-refractivity contribution >= 4 is 0 Å². The smallest absolute Gasteiger partial charge is 0.243 e. The van der Waals surface area contributed by atoms with Crippen molar-refractivity contribution in [2.45, 2.75) is 56.8 Å². The third-order valence-corrected chi connectivity index (χ3v) is 5.79. The molecule has 5 nitrogen and oxygen atoms in total. The summed E-state index contributed by atoms with van der Waals surface area (Å²) in [6, 6.07) is 0.250. The average Bonchev–Trinajstić information content (AvgIpc) is 2.94. The zero-order valence-electron chi connectivity index (χ0n) is 11.9. The number of nitrogens with zero attached hydrogens (tertiary/aromatic N) is 3. The maximum atomic E-state index is 6.04. The minimum atomic E-state index is 0.250. The first-order valence-electron chi connectivity index (χ1n) is 8.02. The zero-order valence-corrected chi connectivity index (χ0v) is 11.9. The van der Waals surface area contributed by atoms with Crippen LogP contribution >= 0.6 is 0 Å². The highest BCUT2D eigenvalue weighted by atomic mass is 16.5. The number of fused-ring (bicyclic) bond motifs is 5. The monoisotopic (exact) mass is 275 g/mol. The van der Waals surface area contributed by atoms with Crippen LogP contribution < -0.4 is 0 Å². The van der Waals surface area contributed by atoms with Crippen molar-refractivity contribution in [3.05, 3.63) is 11.7 Å². The zero-order chi connectivity index (χ0) is 13.3. The van der Waals surface area contributed by atoms with Gasteiger partial charge in [0, 0.05) is 30.8 Å². The predicted molar refractivity (Wildman–Crippen MR) is 71.1 cm³/mol. The molecule has 2 bridgehead atoms. The van der Waals surface area contributed by atoms with Crippen molar-refractivity contribution in [3.8, 4) is 0 Å². The lowest BCUT2D eigenvalue weighted by atomic mass is 9.82. The molecule has 3 saturated heterocycles. The van der Waals surface area contributed by atoms with Gasteiger partial charge in [-0.1, -0.05) is 5.16 Å². The van der Waals surface area contributed by atoms with E-state index in [0.717, 1.165) is 36.6 Å². The van der Waals surface area contributed by atoms with Gasteiger partial charge in [0.15, 0.2) is 5.82 Å². The minimum absolute atomic E-state index is 0.250. The summed E-state index contributed by atoms with van der Waals surface area (Å²) in [6.45, 7) is 4.47. The first-order chi connectivity index (χ1) is 9.79. The van der Waals surface area contributed by atoms with E-state index in [1.807, 2.05) is 0 Å². The maximum Gasteiger partial charge on any atom is 0.243 e. The highest BCUT2D eigenvalue weighted by molar-refractivity contribution is 5.07. The fourth-order valence-corrected chi connectivity index (χ4v) is 4.39. The van der Waals surface area contributed by atoms with E-state index in [4.69, 9.17) is 9.26 Å². The standard InChI is InChI=1S/C15H21N3O2/c1-8(15-16-14(17-20-15)9-2-3-9)18-6-10-11(7-18)13-5-4-12(10)19-13/h8-13H,2-7H2,1H3/t8-,10+,11+,12-,13-/m1/s1. The molecular weight excluding hydrogens is 254 g/mol. The molecule has 0 aromatic carbocycles. The average molecular weight is 275 g/mol. The molecule has 0 spiro atoms. The van der Waals surface area contributed by atoms with Crippen LogP contribution in [-0.2, 0) is 4.74 Å². The third-order valence-electron chi connectivity index (χ3n) is 5.79. The molecule has 5 heteroatoms. The van der Waals surface area contributed by atoms with Gasteiger partial charge in [0.25, 0.3) is 0 Å². The van der Waals surface area contributed by atoms with Gasteiger partial charge in [-0.25, -0.2) is 0 Å². The molecular formula is C15H21N3O2. The van der Waals surface area contributed by atoms with E-state index in [9.17, 15) is 0 Å². The number of hydrogen-bond donors (Lipinski definition) is 0. The van der Waals surface area contributed by atoms with Crippen molar-refractivity contribution in [2.75, 3.05) is 13.1 Å². The Morgan fingerprint density at radius 1 is 1.10 bits per heavy atom. The maximum absolute atomic E-state index is 6.04. The molecule has 1 aromatic heterocycles. The Labute approximate surface area is 118 Å². The third kappa shape index (κ3) is 1.62. The summed E-state index contributed by atoms with van der Waals surface area (Å²) >= 11 is 0. The molecule has 1 aromatic rings. The van der Waals surface area contributed by atoms with Crippen molar-refractivity contribution in [3.63, 3.8) is 0 Å². The summed E-state index contributed by atoms with van der Waals surface area (Å²) in [5.41, 5.74) is 0. The molecule has 1 saturated carbocycles. The van der Waals surface area contributed by atoms with Crippen molar-refractivity contribution in [2.24, 2.45) is 11.8 Å². The predicted octanol–water partition coefficient (Wildman–Crippen LogP) is 2.12. The van der Waals surface area contributed by atoms with Crippen LogP contribution in [0.1, 0.15) is 56.3 Å². The van der Waals surface area contributed by atoms with Gasteiger partial charge >= 0.3 is 0 Å². The number of hydrogen-bond acceptors (Lipinski definition) is 5. The van der Waals surface area contributed by atoms with E-state index < -0.39 is 0 Å². The topological polar surface area (TPSA) is 51.4 Å². The Balaban J connectivity index is 1.33. The van der Waals surface area contributed by atoms with Gasteiger partial charge in [-0.3, -0.25) is 4.90 Å². The molecule has 0 radical (unpaired) electrons. The van der Waals surface area contributed by atoms with Crippen LogP contribution in [0.25, 0.3) is 0 Å².